The van der Waals surface area contributed by atoms with Gasteiger partial charge in [0.2, 0.25) is 11.8 Å². The molecule has 2 N–H and O–H groups in total. The number of carboxylic acids is 1. The van der Waals surface area contributed by atoms with Crippen molar-refractivity contribution in [1.29, 1.82) is 0 Å². The lowest BCUT2D eigenvalue weighted by Crippen LogP contribution is -2.51. The van der Waals surface area contributed by atoms with Crippen LogP contribution in [0.3, 0.4) is 0 Å². The number of amides is 2. The molecule has 0 bridgehead atoms. The standard InChI is InChI=1S/C26H36N2O5S/c1-16-6-8-18(9-7-16)24(31)28(17(2)23(30)27-13-11-19(29)15-27)21-14-20(10-12-26(3,4)5)34-22(21)25(32)33/h14,16-19,29H,6-9,11,13,15H2,1-5H3,(H,32,33)/t16?,17-,18?,19+/m0/s1. The first-order chi connectivity index (χ1) is 15.9. The van der Waals surface area contributed by atoms with E-state index in [1.807, 2.05) is 20.8 Å². The lowest BCUT2D eigenvalue weighted by molar-refractivity contribution is -0.134. The number of hydrogen-bond donors (Lipinski definition) is 2. The molecule has 3 rings (SSSR count). The molecule has 2 amide bonds. The summed E-state index contributed by atoms with van der Waals surface area (Å²) in [5.74, 6) is 4.84. The fraction of sp³-hybridized carbons (Fsp3) is 0.654. The van der Waals surface area contributed by atoms with Crippen molar-refractivity contribution in [2.75, 3.05) is 18.0 Å². The van der Waals surface area contributed by atoms with Crippen molar-refractivity contribution in [3.8, 4) is 11.8 Å². The molecule has 0 aromatic carbocycles. The predicted octanol–water partition coefficient (Wildman–Crippen LogP) is 3.98. The van der Waals surface area contributed by atoms with Gasteiger partial charge < -0.3 is 15.1 Å². The van der Waals surface area contributed by atoms with Gasteiger partial charge >= 0.3 is 5.97 Å². The summed E-state index contributed by atoms with van der Waals surface area (Å²) >= 11 is 1.03. The first kappa shape index (κ1) is 26.2. The van der Waals surface area contributed by atoms with Crippen LogP contribution in [0, 0.1) is 29.1 Å². The van der Waals surface area contributed by atoms with Gasteiger partial charge in [0, 0.05) is 24.4 Å². The minimum absolute atomic E-state index is 0.0110. The molecule has 1 saturated heterocycles. The molecule has 0 radical (unpaired) electrons. The minimum atomic E-state index is -1.14. The number of hydrogen-bond acceptors (Lipinski definition) is 5. The maximum Gasteiger partial charge on any atom is 0.348 e. The molecule has 2 aliphatic rings. The van der Waals surface area contributed by atoms with Gasteiger partial charge in [0.15, 0.2) is 0 Å². The van der Waals surface area contributed by atoms with Crippen LogP contribution in [-0.2, 0) is 9.59 Å². The Kier molecular flexibility index (Phi) is 8.10. The molecule has 8 heteroatoms. The van der Waals surface area contributed by atoms with Crippen molar-refractivity contribution in [3.63, 3.8) is 0 Å². The number of β-amino-alcohol motifs (C(OH)–C–C–N with tert-alkyl or cyclic N) is 1. The quantitative estimate of drug-likeness (QED) is 0.611. The van der Waals surface area contributed by atoms with Crippen molar-refractivity contribution >= 4 is 34.8 Å². The zero-order chi connectivity index (χ0) is 25.2. The summed E-state index contributed by atoms with van der Waals surface area (Å²) in [6.07, 6.45) is 3.24. The summed E-state index contributed by atoms with van der Waals surface area (Å²) in [7, 11) is 0. The van der Waals surface area contributed by atoms with Crippen LogP contribution < -0.4 is 4.90 Å². The van der Waals surface area contributed by atoms with Gasteiger partial charge in [-0.15, -0.1) is 11.3 Å². The largest absolute Gasteiger partial charge is 0.477 e. The van der Waals surface area contributed by atoms with Gasteiger partial charge in [0.05, 0.1) is 16.7 Å². The molecule has 1 aromatic rings. The number of aliphatic hydroxyl groups excluding tert-OH is 1. The summed E-state index contributed by atoms with van der Waals surface area (Å²) in [5.41, 5.74) is -0.0262. The van der Waals surface area contributed by atoms with E-state index in [1.165, 1.54) is 4.90 Å². The van der Waals surface area contributed by atoms with Crippen LogP contribution in [0.25, 0.3) is 0 Å². The Morgan fingerprint density at radius 2 is 1.82 bits per heavy atom. The molecule has 2 heterocycles. The molecular weight excluding hydrogens is 452 g/mol. The zero-order valence-corrected chi connectivity index (χ0v) is 21.6. The second-order valence-corrected chi connectivity index (χ2v) is 11.8. The van der Waals surface area contributed by atoms with Crippen molar-refractivity contribution < 1.29 is 24.6 Å². The van der Waals surface area contributed by atoms with Crippen molar-refractivity contribution in [3.05, 3.63) is 15.8 Å². The second kappa shape index (κ2) is 10.5. The SMILES string of the molecule is CC1CCC(C(=O)N(c2cc(C#CC(C)(C)C)sc2C(=O)O)[C@@H](C)C(=O)N2CC[C@@H](O)C2)CC1. The molecule has 186 valence electrons. The van der Waals surface area contributed by atoms with E-state index in [4.69, 9.17) is 0 Å². The van der Waals surface area contributed by atoms with Gasteiger partial charge in [-0.1, -0.05) is 18.8 Å². The number of aromatic carboxylic acids is 1. The molecule has 1 aliphatic carbocycles. The number of rotatable bonds is 5. The smallest absolute Gasteiger partial charge is 0.348 e. The molecule has 34 heavy (non-hydrogen) atoms. The van der Waals surface area contributed by atoms with Gasteiger partial charge in [-0.2, -0.15) is 0 Å². The van der Waals surface area contributed by atoms with Crippen LogP contribution in [-0.4, -0.2) is 58.1 Å². The fourth-order valence-corrected chi connectivity index (χ4v) is 5.40. The second-order valence-electron chi connectivity index (χ2n) is 10.7. The van der Waals surface area contributed by atoms with Crippen molar-refractivity contribution in [2.24, 2.45) is 17.3 Å². The van der Waals surface area contributed by atoms with Gasteiger partial charge in [-0.3, -0.25) is 14.5 Å². The Morgan fingerprint density at radius 3 is 2.35 bits per heavy atom. The zero-order valence-electron chi connectivity index (χ0n) is 20.8. The fourth-order valence-electron chi connectivity index (χ4n) is 4.56. The summed E-state index contributed by atoms with van der Waals surface area (Å²) in [6, 6.07) is 0.756. The normalized spacial score (nSPS) is 23.7. The summed E-state index contributed by atoms with van der Waals surface area (Å²) in [6.45, 7) is 10.4. The molecule has 7 nitrogen and oxygen atoms in total. The van der Waals surface area contributed by atoms with Crippen LogP contribution in [0.4, 0.5) is 5.69 Å². The van der Waals surface area contributed by atoms with Gasteiger partial charge in [-0.05, 0) is 71.8 Å². The van der Waals surface area contributed by atoms with Crippen LogP contribution in [0.15, 0.2) is 6.07 Å². The number of nitrogens with zero attached hydrogens (tertiary/aromatic N) is 2. The first-order valence-corrected chi connectivity index (χ1v) is 12.9. The molecule has 2 fully saturated rings. The average Bonchev–Trinajstić information content (AvgIpc) is 3.38. The van der Waals surface area contributed by atoms with E-state index in [1.54, 1.807) is 17.9 Å². The van der Waals surface area contributed by atoms with E-state index in [0.717, 1.165) is 37.0 Å². The summed E-state index contributed by atoms with van der Waals surface area (Å²) in [5, 5.41) is 19.8. The maximum atomic E-state index is 13.8. The number of carbonyl (C=O) groups is 3. The molecular formula is C26H36N2O5S. The van der Waals surface area contributed by atoms with Gasteiger partial charge in [-0.25, -0.2) is 4.79 Å². The first-order valence-electron chi connectivity index (χ1n) is 12.1. The van der Waals surface area contributed by atoms with Crippen LogP contribution in [0.2, 0.25) is 0 Å². The summed E-state index contributed by atoms with van der Waals surface area (Å²) < 4.78 is 0. The molecule has 1 aromatic heterocycles. The highest BCUT2D eigenvalue weighted by Crippen LogP contribution is 2.36. The van der Waals surface area contributed by atoms with E-state index in [2.05, 4.69) is 18.8 Å². The van der Waals surface area contributed by atoms with Crippen LogP contribution in [0.1, 0.15) is 81.3 Å². The number of carboxylic acid groups (broad SMARTS) is 1. The molecule has 0 unspecified atom stereocenters. The Balaban J connectivity index is 2.02. The van der Waals surface area contributed by atoms with E-state index in [0.29, 0.717) is 23.8 Å². The van der Waals surface area contributed by atoms with E-state index < -0.39 is 18.1 Å². The van der Waals surface area contributed by atoms with E-state index in [9.17, 15) is 24.6 Å². The number of carbonyl (C=O) groups excluding carboxylic acids is 2. The van der Waals surface area contributed by atoms with Gasteiger partial charge in [0.1, 0.15) is 10.9 Å². The van der Waals surface area contributed by atoms with Crippen LogP contribution in [0.5, 0.6) is 0 Å². The summed E-state index contributed by atoms with van der Waals surface area (Å²) in [4.78, 5) is 42.8. The maximum absolute atomic E-state index is 13.8. The highest BCUT2D eigenvalue weighted by Gasteiger charge is 2.39. The van der Waals surface area contributed by atoms with Gasteiger partial charge in [0.25, 0.3) is 0 Å². The minimum Gasteiger partial charge on any atom is -0.477 e. The third-order valence-electron chi connectivity index (χ3n) is 6.55. The molecule has 1 aliphatic heterocycles. The number of likely N-dealkylation sites (tertiary alicyclic amines) is 1. The lowest BCUT2D eigenvalue weighted by atomic mass is 9.82. The highest BCUT2D eigenvalue weighted by atomic mass is 32.1. The van der Waals surface area contributed by atoms with E-state index >= 15 is 0 Å². The Hall–Kier alpha value is -2.37. The van der Waals surface area contributed by atoms with Crippen molar-refractivity contribution in [1.82, 2.24) is 4.90 Å². The Morgan fingerprint density at radius 1 is 1.18 bits per heavy atom. The topological polar surface area (TPSA) is 98.2 Å². The highest BCUT2D eigenvalue weighted by molar-refractivity contribution is 7.15. The Bertz CT molecular complexity index is 991. The lowest BCUT2D eigenvalue weighted by Gasteiger charge is -2.35. The third-order valence-corrected chi connectivity index (χ3v) is 7.58. The molecule has 2 atom stereocenters. The monoisotopic (exact) mass is 488 g/mol. The van der Waals surface area contributed by atoms with Crippen molar-refractivity contribution in [2.45, 2.75) is 78.9 Å². The van der Waals surface area contributed by atoms with E-state index in [-0.39, 0.29) is 40.3 Å². The number of anilines is 1. The third kappa shape index (κ3) is 6.19. The molecule has 0 spiro atoms. The Labute approximate surface area is 206 Å². The number of thiophene rings is 1. The predicted molar refractivity (Wildman–Crippen MR) is 133 cm³/mol. The number of aliphatic hydroxyl groups is 1. The van der Waals surface area contributed by atoms with Crippen LogP contribution >= 0.6 is 11.3 Å². The molecule has 1 saturated carbocycles. The average molecular weight is 489 g/mol.